The molecule has 5 heteroatoms. The molecule has 2 aromatic carbocycles. The van der Waals surface area contributed by atoms with E-state index in [9.17, 15) is 0 Å². The molecule has 2 N–H and O–H groups in total. The zero-order valence-corrected chi connectivity index (χ0v) is 16.7. The molecule has 4 rings (SSSR count). The number of aromatic nitrogens is 1. The number of nitrogens with one attached hydrogen (secondary N) is 2. The van der Waals surface area contributed by atoms with Gasteiger partial charge in [0.1, 0.15) is 0 Å². The zero-order chi connectivity index (χ0) is 19.0. The lowest BCUT2D eigenvalue weighted by molar-refractivity contribution is 0.256. The molecule has 0 fully saturated rings. The highest BCUT2D eigenvalue weighted by atomic mass is 35.5. The molecular weight excluding hydrogens is 360 g/mol. The van der Waals surface area contributed by atoms with Crippen molar-refractivity contribution in [3.63, 3.8) is 0 Å². The van der Waals surface area contributed by atoms with Crippen molar-refractivity contribution in [2.24, 2.45) is 5.92 Å². The standard InChI is InChI=1S/C22H25ClN2O2/c1-13(2)12-27-19-7-4-14(10-20(19)26-3)21-22-16(8-9-24-21)17-11-15(23)5-6-18(17)25-22/h4-7,10-11,13,21,24-25H,8-9,12H2,1-3H3. The van der Waals surface area contributed by atoms with E-state index in [1.54, 1.807) is 7.11 Å². The molecule has 0 bridgehead atoms. The Morgan fingerprint density at radius 2 is 2.00 bits per heavy atom. The molecule has 0 saturated heterocycles. The van der Waals surface area contributed by atoms with Crippen molar-refractivity contribution in [1.29, 1.82) is 0 Å². The van der Waals surface area contributed by atoms with Crippen molar-refractivity contribution in [2.45, 2.75) is 26.3 Å². The molecule has 3 aromatic rings. The van der Waals surface area contributed by atoms with E-state index in [0.717, 1.165) is 40.6 Å². The summed E-state index contributed by atoms with van der Waals surface area (Å²) in [6.07, 6.45) is 0.985. The minimum atomic E-state index is 0.0907. The minimum absolute atomic E-state index is 0.0907. The third-order valence-electron chi connectivity index (χ3n) is 5.01. The van der Waals surface area contributed by atoms with Gasteiger partial charge in [0.25, 0.3) is 0 Å². The molecule has 0 spiro atoms. The molecule has 27 heavy (non-hydrogen) atoms. The van der Waals surface area contributed by atoms with Gasteiger partial charge in [-0.05, 0) is 53.8 Å². The molecule has 1 aliphatic heterocycles. The monoisotopic (exact) mass is 384 g/mol. The van der Waals surface area contributed by atoms with Gasteiger partial charge in [-0.1, -0.05) is 31.5 Å². The number of aromatic amines is 1. The first-order chi connectivity index (χ1) is 13.1. The predicted octanol–water partition coefficient (Wildman–Crippen LogP) is 5.10. The molecule has 0 radical (unpaired) electrons. The third kappa shape index (κ3) is 3.52. The fourth-order valence-corrected chi connectivity index (χ4v) is 3.90. The number of ether oxygens (including phenoxy) is 2. The van der Waals surface area contributed by atoms with Gasteiger partial charge in [0.05, 0.1) is 19.8 Å². The van der Waals surface area contributed by atoms with Crippen LogP contribution in [0.5, 0.6) is 11.5 Å². The Balaban J connectivity index is 1.71. The molecule has 1 aromatic heterocycles. The lowest BCUT2D eigenvalue weighted by atomic mass is 9.94. The highest BCUT2D eigenvalue weighted by Gasteiger charge is 2.26. The quantitative estimate of drug-likeness (QED) is 0.643. The molecular formula is C22H25ClN2O2. The summed E-state index contributed by atoms with van der Waals surface area (Å²) < 4.78 is 11.5. The number of halogens is 1. The lowest BCUT2D eigenvalue weighted by Crippen LogP contribution is -2.30. The minimum Gasteiger partial charge on any atom is -0.493 e. The average Bonchev–Trinajstić information content (AvgIpc) is 3.04. The van der Waals surface area contributed by atoms with E-state index < -0.39 is 0 Å². The van der Waals surface area contributed by atoms with Crippen molar-refractivity contribution in [3.8, 4) is 11.5 Å². The molecule has 0 saturated carbocycles. The third-order valence-corrected chi connectivity index (χ3v) is 5.24. The van der Waals surface area contributed by atoms with Crippen molar-refractivity contribution >= 4 is 22.5 Å². The van der Waals surface area contributed by atoms with Gasteiger partial charge in [-0.3, -0.25) is 0 Å². The van der Waals surface area contributed by atoms with E-state index in [-0.39, 0.29) is 6.04 Å². The van der Waals surface area contributed by atoms with Crippen LogP contribution in [-0.4, -0.2) is 25.2 Å². The summed E-state index contributed by atoms with van der Waals surface area (Å²) in [5.74, 6) is 2.02. The Bertz CT molecular complexity index is 964. The van der Waals surface area contributed by atoms with E-state index >= 15 is 0 Å². The Hall–Kier alpha value is -2.17. The van der Waals surface area contributed by atoms with Crippen molar-refractivity contribution in [1.82, 2.24) is 10.3 Å². The average molecular weight is 385 g/mol. The van der Waals surface area contributed by atoms with E-state index in [2.05, 4.69) is 48.4 Å². The van der Waals surface area contributed by atoms with Crippen LogP contribution in [0.25, 0.3) is 10.9 Å². The maximum atomic E-state index is 6.22. The van der Waals surface area contributed by atoms with Gasteiger partial charge in [-0.25, -0.2) is 0 Å². The van der Waals surface area contributed by atoms with Crippen LogP contribution in [0, 0.1) is 5.92 Å². The fraction of sp³-hybridized carbons (Fsp3) is 0.364. The van der Waals surface area contributed by atoms with Crippen molar-refractivity contribution in [2.75, 3.05) is 20.3 Å². The second-order valence-electron chi connectivity index (χ2n) is 7.46. The first-order valence-electron chi connectivity index (χ1n) is 9.41. The lowest BCUT2D eigenvalue weighted by Gasteiger charge is -2.25. The molecule has 0 amide bonds. The van der Waals surface area contributed by atoms with E-state index in [0.29, 0.717) is 12.5 Å². The summed E-state index contributed by atoms with van der Waals surface area (Å²) >= 11 is 6.22. The zero-order valence-electron chi connectivity index (χ0n) is 15.9. The van der Waals surface area contributed by atoms with E-state index in [4.69, 9.17) is 21.1 Å². The summed E-state index contributed by atoms with van der Waals surface area (Å²) in [5.41, 5.74) is 4.83. The first-order valence-corrected chi connectivity index (χ1v) is 9.78. The van der Waals surface area contributed by atoms with Crippen molar-refractivity contribution < 1.29 is 9.47 Å². The van der Waals surface area contributed by atoms with Gasteiger partial charge >= 0.3 is 0 Å². The van der Waals surface area contributed by atoms with Crippen LogP contribution in [0.15, 0.2) is 36.4 Å². The van der Waals surface area contributed by atoms with Gasteiger partial charge < -0.3 is 19.8 Å². The second-order valence-corrected chi connectivity index (χ2v) is 7.90. The van der Waals surface area contributed by atoms with E-state index in [1.807, 2.05) is 12.1 Å². The number of fused-ring (bicyclic) bond motifs is 3. The highest BCUT2D eigenvalue weighted by Crippen LogP contribution is 2.37. The maximum Gasteiger partial charge on any atom is 0.161 e. The molecule has 2 heterocycles. The Morgan fingerprint density at radius 1 is 1.15 bits per heavy atom. The topological polar surface area (TPSA) is 46.3 Å². The molecule has 1 aliphatic rings. The highest BCUT2D eigenvalue weighted by molar-refractivity contribution is 6.31. The number of methoxy groups -OCH3 is 1. The first kappa shape index (κ1) is 18.2. The van der Waals surface area contributed by atoms with Gasteiger partial charge in [0.15, 0.2) is 11.5 Å². The summed E-state index contributed by atoms with van der Waals surface area (Å²) in [4.78, 5) is 3.59. The SMILES string of the molecule is COc1cc(C2NCCc3c2[nH]c2ccc(Cl)cc32)ccc1OCC(C)C. The van der Waals surface area contributed by atoms with Crippen molar-refractivity contribution in [3.05, 3.63) is 58.2 Å². The smallest absolute Gasteiger partial charge is 0.161 e. The normalized spacial score (nSPS) is 16.6. The van der Waals surface area contributed by atoms with E-state index in [1.165, 1.54) is 16.6 Å². The molecule has 0 aliphatic carbocycles. The summed E-state index contributed by atoms with van der Waals surface area (Å²) in [5, 5.41) is 5.61. The number of hydrogen-bond acceptors (Lipinski definition) is 3. The van der Waals surface area contributed by atoms with Gasteiger partial charge in [-0.2, -0.15) is 0 Å². The number of hydrogen-bond donors (Lipinski definition) is 2. The van der Waals surface area contributed by atoms with Gasteiger partial charge in [-0.15, -0.1) is 0 Å². The molecule has 142 valence electrons. The molecule has 4 nitrogen and oxygen atoms in total. The summed E-state index contributed by atoms with van der Waals surface area (Å²) in [6.45, 7) is 5.86. The van der Waals surface area contributed by atoms with Crippen LogP contribution < -0.4 is 14.8 Å². The van der Waals surface area contributed by atoms with Gasteiger partial charge in [0, 0.05) is 28.2 Å². The largest absolute Gasteiger partial charge is 0.493 e. The number of benzene rings is 2. The Kier molecular flexibility index (Phi) is 5.02. The van der Waals surface area contributed by atoms with Crippen LogP contribution in [0.4, 0.5) is 0 Å². The Morgan fingerprint density at radius 3 is 2.78 bits per heavy atom. The number of rotatable bonds is 5. The predicted molar refractivity (Wildman–Crippen MR) is 110 cm³/mol. The second kappa shape index (κ2) is 7.45. The Labute approximate surface area is 164 Å². The summed E-state index contributed by atoms with van der Waals surface area (Å²) in [6, 6.07) is 12.3. The van der Waals surface area contributed by atoms with Crippen LogP contribution >= 0.6 is 11.6 Å². The number of H-pyrrole nitrogens is 1. The fourth-order valence-electron chi connectivity index (χ4n) is 3.72. The van der Waals surface area contributed by atoms with Crippen LogP contribution in [0.3, 0.4) is 0 Å². The van der Waals surface area contributed by atoms with Crippen LogP contribution in [0.1, 0.15) is 36.7 Å². The van der Waals surface area contributed by atoms with Gasteiger partial charge in [0.2, 0.25) is 0 Å². The molecule has 1 atom stereocenters. The summed E-state index contributed by atoms with van der Waals surface area (Å²) in [7, 11) is 1.69. The molecule has 1 unspecified atom stereocenters. The maximum absolute atomic E-state index is 6.22. The van der Waals surface area contributed by atoms with Crippen LogP contribution in [0.2, 0.25) is 5.02 Å². The van der Waals surface area contributed by atoms with Crippen LogP contribution in [-0.2, 0) is 6.42 Å².